The van der Waals surface area contributed by atoms with Gasteiger partial charge in [0, 0.05) is 35.4 Å². The number of ketones is 1. The molecule has 144 valence electrons. The maximum absolute atomic E-state index is 13.0. The van der Waals surface area contributed by atoms with E-state index in [0.29, 0.717) is 18.7 Å². The number of carbonyl (C=O) groups excluding carboxylic acids is 1. The molecule has 2 heterocycles. The Morgan fingerprint density at radius 2 is 1.83 bits per heavy atom. The number of benzene rings is 2. The summed E-state index contributed by atoms with van der Waals surface area (Å²) in [6.07, 6.45) is 3.19. The zero-order valence-corrected chi connectivity index (χ0v) is 16.9. The lowest BCUT2D eigenvalue weighted by atomic mass is 9.73. The van der Waals surface area contributed by atoms with Crippen LogP contribution in [0, 0.1) is 12.8 Å². The van der Waals surface area contributed by atoms with Crippen molar-refractivity contribution in [1.29, 1.82) is 0 Å². The summed E-state index contributed by atoms with van der Waals surface area (Å²) in [6.45, 7) is 4.88. The fourth-order valence-electron chi connectivity index (χ4n) is 4.75. The lowest BCUT2D eigenvalue weighted by molar-refractivity contribution is -0.123. The second kappa shape index (κ2) is 7.07. The molecule has 2 atom stereocenters. The van der Waals surface area contributed by atoms with Crippen LogP contribution < -0.4 is 0 Å². The van der Waals surface area contributed by atoms with E-state index in [1.54, 1.807) is 0 Å². The van der Waals surface area contributed by atoms with Crippen LogP contribution in [-0.4, -0.2) is 16.5 Å². The molecule has 3 heteroatoms. The van der Waals surface area contributed by atoms with Crippen molar-refractivity contribution < 1.29 is 4.79 Å². The second-order valence-electron chi connectivity index (χ2n) is 8.28. The molecule has 0 amide bonds. The summed E-state index contributed by atoms with van der Waals surface area (Å²) in [5.41, 5.74) is 9.36. The molecule has 1 aromatic heterocycles. The Morgan fingerprint density at radius 3 is 2.62 bits per heavy atom. The fraction of sp³-hybridized carbons (Fsp3) is 0.269. The number of aryl methyl sites for hydroxylation is 1. The van der Waals surface area contributed by atoms with E-state index in [4.69, 9.17) is 4.99 Å². The Hall–Kier alpha value is -3.07. The van der Waals surface area contributed by atoms with Crippen LogP contribution >= 0.6 is 0 Å². The lowest BCUT2D eigenvalue weighted by Gasteiger charge is -2.29. The van der Waals surface area contributed by atoms with E-state index in [0.717, 1.165) is 23.4 Å². The van der Waals surface area contributed by atoms with Crippen LogP contribution in [0.3, 0.4) is 0 Å². The number of carbonyl (C=O) groups is 1. The van der Waals surface area contributed by atoms with Crippen molar-refractivity contribution in [3.05, 3.63) is 99.9 Å². The predicted octanol–water partition coefficient (Wildman–Crippen LogP) is 4.83. The highest BCUT2D eigenvalue weighted by molar-refractivity contribution is 6.15. The third-order valence-corrected chi connectivity index (χ3v) is 6.41. The quantitative estimate of drug-likeness (QED) is 0.653. The maximum Gasteiger partial charge on any atom is 0.141 e. The van der Waals surface area contributed by atoms with E-state index < -0.39 is 0 Å². The third-order valence-electron chi connectivity index (χ3n) is 6.41. The van der Waals surface area contributed by atoms with Crippen molar-refractivity contribution in [3.63, 3.8) is 0 Å². The first-order valence-corrected chi connectivity index (χ1v) is 10.3. The minimum absolute atomic E-state index is 0.0351. The van der Waals surface area contributed by atoms with Crippen molar-refractivity contribution in [2.45, 2.75) is 39.2 Å². The van der Waals surface area contributed by atoms with Gasteiger partial charge in [-0.2, -0.15) is 0 Å². The van der Waals surface area contributed by atoms with Gasteiger partial charge >= 0.3 is 0 Å². The predicted molar refractivity (Wildman–Crippen MR) is 116 cm³/mol. The normalized spacial score (nSPS) is 18.8. The second-order valence-corrected chi connectivity index (χ2v) is 8.28. The number of hydrogen-bond acceptors (Lipinski definition) is 3. The first kappa shape index (κ1) is 18.0. The monoisotopic (exact) mass is 380 g/mol. The number of pyridine rings is 1. The molecule has 3 aromatic rings. The fourth-order valence-corrected chi connectivity index (χ4v) is 4.75. The van der Waals surface area contributed by atoms with E-state index in [-0.39, 0.29) is 11.8 Å². The molecule has 0 radical (unpaired) electrons. The molecule has 29 heavy (non-hydrogen) atoms. The van der Waals surface area contributed by atoms with E-state index in [9.17, 15) is 4.79 Å². The van der Waals surface area contributed by atoms with Gasteiger partial charge in [-0.3, -0.25) is 14.8 Å². The third kappa shape index (κ3) is 3.21. The minimum Gasteiger partial charge on any atom is -0.299 e. The van der Waals surface area contributed by atoms with Crippen LogP contribution in [0.5, 0.6) is 0 Å². The van der Waals surface area contributed by atoms with Crippen LogP contribution in [0.1, 0.15) is 51.9 Å². The van der Waals surface area contributed by atoms with Gasteiger partial charge in [-0.1, -0.05) is 43.3 Å². The number of nitrogens with zero attached hydrogens (tertiary/aromatic N) is 2. The molecule has 1 aliphatic heterocycles. The molecule has 0 spiro atoms. The Morgan fingerprint density at radius 1 is 1.00 bits per heavy atom. The average Bonchev–Trinajstić information content (AvgIpc) is 3.14. The Balaban J connectivity index is 1.49. The smallest absolute Gasteiger partial charge is 0.141 e. The Bertz CT molecular complexity index is 1130. The summed E-state index contributed by atoms with van der Waals surface area (Å²) in [5, 5.41) is 0. The van der Waals surface area contributed by atoms with Crippen LogP contribution in [0.4, 0.5) is 0 Å². The molecule has 1 aliphatic carbocycles. The summed E-state index contributed by atoms with van der Waals surface area (Å²) in [7, 11) is 0. The molecule has 2 aromatic carbocycles. The number of rotatable bonds is 3. The standard InChI is InChI=1S/C26H24N2O/c1-16-10-19(8-9-27-16)26-24-13-21-12-23(17(2)18-6-4-3-5-7-18)25(29)14-20(21)11-22(24)15-28-26/h3-11,13,17,23H,12,14-15H2,1-2H3/t17-,23?/m1/s1. The number of aromatic nitrogens is 1. The molecular formula is C26H24N2O. The van der Waals surface area contributed by atoms with Crippen LogP contribution in [-0.2, 0) is 24.2 Å². The highest BCUT2D eigenvalue weighted by Crippen LogP contribution is 2.36. The zero-order valence-electron chi connectivity index (χ0n) is 16.9. The van der Waals surface area contributed by atoms with E-state index in [2.05, 4.69) is 54.4 Å². The van der Waals surface area contributed by atoms with Gasteiger partial charge in [-0.25, -0.2) is 0 Å². The van der Waals surface area contributed by atoms with Gasteiger partial charge in [0.15, 0.2) is 0 Å². The van der Waals surface area contributed by atoms with Crippen molar-refractivity contribution in [2.75, 3.05) is 0 Å². The molecule has 3 nitrogen and oxygen atoms in total. The molecule has 0 saturated heterocycles. The van der Waals surface area contributed by atoms with Crippen LogP contribution in [0.15, 0.2) is 65.8 Å². The van der Waals surface area contributed by atoms with Crippen molar-refractivity contribution >= 4 is 11.5 Å². The molecule has 2 aliphatic rings. The first-order chi connectivity index (χ1) is 14.1. The Kier molecular flexibility index (Phi) is 4.39. The molecule has 0 saturated carbocycles. The molecule has 5 rings (SSSR count). The molecule has 1 unspecified atom stereocenters. The van der Waals surface area contributed by atoms with Crippen LogP contribution in [0.2, 0.25) is 0 Å². The van der Waals surface area contributed by atoms with Gasteiger partial charge in [0.05, 0.1) is 12.3 Å². The molecule has 0 N–H and O–H groups in total. The van der Waals surface area contributed by atoms with E-state index >= 15 is 0 Å². The van der Waals surface area contributed by atoms with Gasteiger partial charge in [-0.05, 0) is 59.7 Å². The summed E-state index contributed by atoms with van der Waals surface area (Å²) in [6, 6.07) is 19.0. The number of hydrogen-bond donors (Lipinski definition) is 0. The highest BCUT2D eigenvalue weighted by Gasteiger charge is 2.33. The lowest BCUT2D eigenvalue weighted by Crippen LogP contribution is -2.30. The molecule has 0 fully saturated rings. The summed E-state index contributed by atoms with van der Waals surface area (Å²) < 4.78 is 0. The van der Waals surface area contributed by atoms with E-state index in [1.165, 1.54) is 27.8 Å². The van der Waals surface area contributed by atoms with Crippen molar-refractivity contribution in [3.8, 4) is 0 Å². The topological polar surface area (TPSA) is 42.3 Å². The SMILES string of the molecule is Cc1cc(C2=NCc3cc4c(cc32)CC([C@H](C)c2ccccc2)C(=O)C4)ccn1. The van der Waals surface area contributed by atoms with Crippen molar-refractivity contribution in [2.24, 2.45) is 10.9 Å². The molecule has 0 bridgehead atoms. The zero-order chi connectivity index (χ0) is 20.0. The molecular weight excluding hydrogens is 356 g/mol. The summed E-state index contributed by atoms with van der Waals surface area (Å²) in [4.78, 5) is 22.1. The van der Waals surface area contributed by atoms with Gasteiger partial charge in [0.25, 0.3) is 0 Å². The van der Waals surface area contributed by atoms with Gasteiger partial charge in [0.1, 0.15) is 5.78 Å². The summed E-state index contributed by atoms with van der Waals surface area (Å²) >= 11 is 0. The van der Waals surface area contributed by atoms with Crippen LogP contribution in [0.25, 0.3) is 0 Å². The average molecular weight is 380 g/mol. The minimum atomic E-state index is 0.0351. The number of aliphatic imine (C=N–C) groups is 1. The van der Waals surface area contributed by atoms with Gasteiger partial charge < -0.3 is 0 Å². The van der Waals surface area contributed by atoms with Gasteiger partial charge in [0.2, 0.25) is 0 Å². The Labute approximate surface area is 171 Å². The van der Waals surface area contributed by atoms with Crippen molar-refractivity contribution in [1.82, 2.24) is 4.98 Å². The highest BCUT2D eigenvalue weighted by atomic mass is 16.1. The van der Waals surface area contributed by atoms with E-state index in [1.807, 2.05) is 25.3 Å². The number of Topliss-reactive ketones (excluding diaryl/α,β-unsaturated/α-hetero) is 1. The first-order valence-electron chi connectivity index (χ1n) is 10.3. The maximum atomic E-state index is 13.0. The largest absolute Gasteiger partial charge is 0.299 e. The summed E-state index contributed by atoms with van der Waals surface area (Å²) in [5.74, 6) is 0.617. The van der Waals surface area contributed by atoms with Gasteiger partial charge in [-0.15, -0.1) is 0 Å². The number of fused-ring (bicyclic) bond motifs is 2.